The quantitative estimate of drug-likeness (QED) is 0.864. The molecule has 4 nitrogen and oxygen atoms in total. The first kappa shape index (κ1) is 16.2. The van der Waals surface area contributed by atoms with E-state index in [1.54, 1.807) is 0 Å². The molecule has 0 bridgehead atoms. The molecule has 4 rings (SSSR count). The van der Waals surface area contributed by atoms with E-state index in [0.717, 1.165) is 50.5 Å². The van der Waals surface area contributed by atoms with Crippen LogP contribution in [0.15, 0.2) is 54.6 Å². The highest BCUT2D eigenvalue weighted by Gasteiger charge is 2.32. The molecule has 1 unspecified atom stereocenters. The number of carbonyl (C=O) groups is 1. The molecule has 2 heterocycles. The van der Waals surface area contributed by atoms with Crippen molar-refractivity contribution in [2.45, 2.75) is 25.5 Å². The van der Waals surface area contributed by atoms with Gasteiger partial charge in [0.1, 0.15) is 5.75 Å². The van der Waals surface area contributed by atoms with Gasteiger partial charge in [-0.3, -0.25) is 9.69 Å². The van der Waals surface area contributed by atoms with Crippen molar-refractivity contribution in [3.8, 4) is 5.75 Å². The second kappa shape index (κ2) is 7.28. The average molecular weight is 336 g/mol. The summed E-state index contributed by atoms with van der Waals surface area (Å²) in [4.78, 5) is 17.3. The molecule has 2 aromatic carbocycles. The van der Waals surface area contributed by atoms with Gasteiger partial charge in [-0.05, 0) is 23.6 Å². The predicted octanol–water partition coefficient (Wildman–Crippen LogP) is 2.72. The van der Waals surface area contributed by atoms with E-state index in [1.165, 1.54) is 5.56 Å². The third-order valence-electron chi connectivity index (χ3n) is 5.07. The van der Waals surface area contributed by atoms with Gasteiger partial charge in [0, 0.05) is 39.1 Å². The van der Waals surface area contributed by atoms with Crippen molar-refractivity contribution in [2.24, 2.45) is 0 Å². The van der Waals surface area contributed by atoms with Crippen molar-refractivity contribution < 1.29 is 9.53 Å². The molecule has 25 heavy (non-hydrogen) atoms. The Hall–Kier alpha value is -2.33. The molecule has 4 heteroatoms. The van der Waals surface area contributed by atoms with E-state index in [1.807, 2.05) is 35.2 Å². The largest absolute Gasteiger partial charge is 0.480 e. The van der Waals surface area contributed by atoms with Crippen LogP contribution in [-0.2, 0) is 17.8 Å². The zero-order chi connectivity index (χ0) is 17.1. The van der Waals surface area contributed by atoms with Crippen LogP contribution in [0.5, 0.6) is 5.75 Å². The lowest BCUT2D eigenvalue weighted by Crippen LogP contribution is -2.43. The summed E-state index contributed by atoms with van der Waals surface area (Å²) in [6.45, 7) is 4.50. The van der Waals surface area contributed by atoms with Crippen molar-refractivity contribution in [1.82, 2.24) is 9.80 Å². The van der Waals surface area contributed by atoms with Crippen LogP contribution in [0.2, 0.25) is 0 Å². The van der Waals surface area contributed by atoms with Crippen LogP contribution < -0.4 is 4.74 Å². The van der Waals surface area contributed by atoms with E-state index in [-0.39, 0.29) is 12.0 Å². The number of amides is 1. The fourth-order valence-electron chi connectivity index (χ4n) is 3.71. The van der Waals surface area contributed by atoms with E-state index in [9.17, 15) is 4.79 Å². The molecule has 1 saturated heterocycles. The van der Waals surface area contributed by atoms with Crippen molar-refractivity contribution in [1.29, 1.82) is 0 Å². The lowest BCUT2D eigenvalue weighted by molar-refractivity contribution is -0.137. The van der Waals surface area contributed by atoms with Gasteiger partial charge >= 0.3 is 0 Å². The Kier molecular flexibility index (Phi) is 4.70. The van der Waals surface area contributed by atoms with Gasteiger partial charge in [0.25, 0.3) is 5.91 Å². The molecule has 0 radical (unpaired) electrons. The number of hydrogen-bond donors (Lipinski definition) is 0. The van der Waals surface area contributed by atoms with E-state index >= 15 is 0 Å². The van der Waals surface area contributed by atoms with Crippen LogP contribution in [0.1, 0.15) is 17.5 Å². The van der Waals surface area contributed by atoms with E-state index in [0.29, 0.717) is 6.42 Å². The third-order valence-corrected chi connectivity index (χ3v) is 5.07. The average Bonchev–Trinajstić information content (AvgIpc) is 2.95. The van der Waals surface area contributed by atoms with Gasteiger partial charge in [-0.25, -0.2) is 0 Å². The molecule has 2 aromatic rings. The predicted molar refractivity (Wildman–Crippen MR) is 97.5 cm³/mol. The molecule has 1 atom stereocenters. The SMILES string of the molecule is O=C(C1Cc2ccccc2O1)N1CCCN(Cc2ccccc2)CC1. The molecule has 130 valence electrons. The van der Waals surface area contributed by atoms with Gasteiger partial charge in [-0.2, -0.15) is 0 Å². The number of carbonyl (C=O) groups excluding carboxylic acids is 1. The number of ether oxygens (including phenoxy) is 1. The maximum Gasteiger partial charge on any atom is 0.264 e. The smallest absolute Gasteiger partial charge is 0.264 e. The molecule has 2 aliphatic rings. The highest BCUT2D eigenvalue weighted by molar-refractivity contribution is 5.82. The van der Waals surface area contributed by atoms with Crippen molar-refractivity contribution >= 4 is 5.91 Å². The van der Waals surface area contributed by atoms with Gasteiger partial charge in [0.05, 0.1) is 0 Å². The zero-order valence-electron chi connectivity index (χ0n) is 14.4. The first-order chi connectivity index (χ1) is 12.3. The van der Waals surface area contributed by atoms with Crippen molar-refractivity contribution in [2.75, 3.05) is 26.2 Å². The van der Waals surface area contributed by atoms with Crippen LogP contribution in [0.4, 0.5) is 0 Å². The van der Waals surface area contributed by atoms with E-state index < -0.39 is 0 Å². The van der Waals surface area contributed by atoms with Crippen LogP contribution in [0.25, 0.3) is 0 Å². The lowest BCUT2D eigenvalue weighted by atomic mass is 10.1. The minimum Gasteiger partial charge on any atom is -0.480 e. The summed E-state index contributed by atoms with van der Waals surface area (Å²) in [6.07, 6.45) is 1.36. The molecular weight excluding hydrogens is 312 g/mol. The summed E-state index contributed by atoms with van der Waals surface area (Å²) in [6, 6.07) is 18.5. The number of nitrogens with zero attached hydrogens (tertiary/aromatic N) is 2. The Morgan fingerprint density at radius 1 is 0.960 bits per heavy atom. The van der Waals surface area contributed by atoms with Crippen LogP contribution in [0.3, 0.4) is 0 Å². The zero-order valence-corrected chi connectivity index (χ0v) is 14.4. The summed E-state index contributed by atoms with van der Waals surface area (Å²) < 4.78 is 5.88. The topological polar surface area (TPSA) is 32.8 Å². The molecular formula is C21H24N2O2. The maximum atomic E-state index is 12.9. The molecule has 2 aliphatic heterocycles. The summed E-state index contributed by atoms with van der Waals surface area (Å²) in [5.41, 5.74) is 2.47. The Bertz CT molecular complexity index is 707. The minimum atomic E-state index is -0.349. The minimum absolute atomic E-state index is 0.137. The van der Waals surface area contributed by atoms with Gasteiger partial charge in [0.2, 0.25) is 0 Å². The van der Waals surface area contributed by atoms with Gasteiger partial charge < -0.3 is 9.64 Å². The fourth-order valence-corrected chi connectivity index (χ4v) is 3.71. The third kappa shape index (κ3) is 3.69. The van der Waals surface area contributed by atoms with Gasteiger partial charge in [0.15, 0.2) is 6.10 Å². The summed E-state index contributed by atoms with van der Waals surface area (Å²) in [5.74, 6) is 0.999. The molecule has 0 N–H and O–H groups in total. The first-order valence-corrected chi connectivity index (χ1v) is 9.09. The highest BCUT2D eigenvalue weighted by Crippen LogP contribution is 2.29. The van der Waals surface area contributed by atoms with Gasteiger partial charge in [-0.1, -0.05) is 48.5 Å². The monoisotopic (exact) mass is 336 g/mol. The second-order valence-electron chi connectivity index (χ2n) is 6.86. The molecule has 0 aliphatic carbocycles. The fraction of sp³-hybridized carbons (Fsp3) is 0.381. The number of para-hydroxylation sites is 1. The second-order valence-corrected chi connectivity index (χ2v) is 6.86. The van der Waals surface area contributed by atoms with Crippen LogP contribution in [-0.4, -0.2) is 48.0 Å². The Labute approximate surface area is 149 Å². The number of fused-ring (bicyclic) bond motifs is 1. The van der Waals surface area contributed by atoms with Crippen LogP contribution >= 0.6 is 0 Å². The molecule has 1 fully saturated rings. The summed E-state index contributed by atoms with van der Waals surface area (Å²) in [7, 11) is 0. The highest BCUT2D eigenvalue weighted by atomic mass is 16.5. The van der Waals surface area contributed by atoms with Crippen LogP contribution in [0, 0.1) is 0 Å². The number of rotatable bonds is 3. The van der Waals surface area contributed by atoms with Gasteiger partial charge in [-0.15, -0.1) is 0 Å². The Balaban J connectivity index is 1.34. The Morgan fingerprint density at radius 2 is 1.76 bits per heavy atom. The number of hydrogen-bond acceptors (Lipinski definition) is 3. The standard InChI is InChI=1S/C21H24N2O2/c24-21(20-15-18-9-4-5-10-19(18)25-20)23-12-6-11-22(13-14-23)16-17-7-2-1-3-8-17/h1-5,7-10,20H,6,11-16H2. The summed E-state index contributed by atoms with van der Waals surface area (Å²) >= 11 is 0. The van der Waals surface area contributed by atoms with Crippen molar-refractivity contribution in [3.63, 3.8) is 0 Å². The lowest BCUT2D eigenvalue weighted by Gasteiger charge is -2.24. The maximum absolute atomic E-state index is 12.9. The first-order valence-electron chi connectivity index (χ1n) is 9.09. The normalized spacial score (nSPS) is 20.6. The van der Waals surface area contributed by atoms with E-state index in [2.05, 4.69) is 29.2 Å². The van der Waals surface area contributed by atoms with Crippen molar-refractivity contribution in [3.05, 3.63) is 65.7 Å². The molecule has 0 saturated carbocycles. The summed E-state index contributed by atoms with van der Waals surface area (Å²) in [5, 5.41) is 0. The molecule has 0 aromatic heterocycles. The Morgan fingerprint density at radius 3 is 2.60 bits per heavy atom. The molecule has 1 amide bonds. The van der Waals surface area contributed by atoms with E-state index in [4.69, 9.17) is 4.74 Å². The number of benzene rings is 2. The molecule has 0 spiro atoms.